The molecule has 0 saturated carbocycles. The SMILES string of the molecule is CCc1nnc(NC(=O)/C(C#N)=C\c2cc(Br)ccc2OCCOc2ccc(C)cc2)s1. The van der Waals surface area contributed by atoms with E-state index in [1.807, 2.05) is 50.2 Å². The second kappa shape index (κ2) is 11.4. The summed E-state index contributed by atoms with van der Waals surface area (Å²) < 4.78 is 12.3. The molecular formula is C23H21BrN4O3S. The summed E-state index contributed by atoms with van der Waals surface area (Å²) in [6.45, 7) is 4.62. The molecule has 7 nitrogen and oxygen atoms in total. The lowest BCUT2D eigenvalue weighted by Crippen LogP contribution is -2.13. The minimum absolute atomic E-state index is 0.0721. The summed E-state index contributed by atoms with van der Waals surface area (Å²) in [5.41, 5.74) is 1.68. The lowest BCUT2D eigenvalue weighted by atomic mass is 10.1. The van der Waals surface area contributed by atoms with Gasteiger partial charge in [0.2, 0.25) is 5.13 Å². The van der Waals surface area contributed by atoms with Gasteiger partial charge >= 0.3 is 0 Å². The fourth-order valence-corrected chi connectivity index (χ4v) is 3.68. The third-order valence-electron chi connectivity index (χ3n) is 4.26. The highest BCUT2D eigenvalue weighted by atomic mass is 79.9. The molecule has 3 rings (SSSR count). The number of rotatable bonds is 9. The molecule has 32 heavy (non-hydrogen) atoms. The van der Waals surface area contributed by atoms with Gasteiger partial charge in [0.15, 0.2) is 0 Å². The first kappa shape index (κ1) is 23.4. The molecule has 9 heteroatoms. The van der Waals surface area contributed by atoms with Crippen LogP contribution in [0.25, 0.3) is 6.08 Å². The Morgan fingerprint density at radius 2 is 1.94 bits per heavy atom. The van der Waals surface area contributed by atoms with Crippen molar-refractivity contribution in [3.05, 3.63) is 68.6 Å². The lowest BCUT2D eigenvalue weighted by molar-refractivity contribution is -0.112. The minimum Gasteiger partial charge on any atom is -0.490 e. The van der Waals surface area contributed by atoms with Crippen LogP contribution in [-0.2, 0) is 11.2 Å². The lowest BCUT2D eigenvalue weighted by Gasteiger charge is -2.11. The second-order valence-corrected chi connectivity index (χ2v) is 8.65. The Bertz CT molecular complexity index is 1150. The van der Waals surface area contributed by atoms with Crippen molar-refractivity contribution in [2.75, 3.05) is 18.5 Å². The van der Waals surface area contributed by atoms with Gasteiger partial charge in [0, 0.05) is 10.0 Å². The number of nitrogens with zero attached hydrogens (tertiary/aromatic N) is 3. The van der Waals surface area contributed by atoms with Gasteiger partial charge in [-0.25, -0.2) is 0 Å². The first-order valence-corrected chi connectivity index (χ1v) is 11.5. The first-order chi connectivity index (χ1) is 15.5. The van der Waals surface area contributed by atoms with E-state index in [1.54, 1.807) is 12.1 Å². The van der Waals surface area contributed by atoms with E-state index in [9.17, 15) is 10.1 Å². The van der Waals surface area contributed by atoms with Gasteiger partial charge in [0.25, 0.3) is 5.91 Å². The van der Waals surface area contributed by atoms with Crippen LogP contribution in [0.5, 0.6) is 11.5 Å². The molecule has 0 atom stereocenters. The van der Waals surface area contributed by atoms with Crippen molar-refractivity contribution >= 4 is 44.4 Å². The molecule has 0 aliphatic heterocycles. The number of carbonyl (C=O) groups excluding carboxylic acids is 1. The number of hydrogen-bond acceptors (Lipinski definition) is 7. The van der Waals surface area contributed by atoms with Gasteiger partial charge in [-0.05, 0) is 49.8 Å². The van der Waals surface area contributed by atoms with Crippen LogP contribution < -0.4 is 14.8 Å². The number of aromatic nitrogens is 2. The van der Waals surface area contributed by atoms with Crippen LogP contribution in [0.4, 0.5) is 5.13 Å². The van der Waals surface area contributed by atoms with Crippen LogP contribution >= 0.6 is 27.3 Å². The standard InChI is InChI=1S/C23H21BrN4O3S/c1-3-21-27-28-23(32-21)26-22(29)17(14-25)12-16-13-18(24)6-9-20(16)31-11-10-30-19-7-4-15(2)5-8-19/h4-9,12-13H,3,10-11H2,1-2H3,(H,26,28,29)/b17-12-. The third-order valence-corrected chi connectivity index (χ3v) is 5.73. The molecule has 0 aliphatic carbocycles. The predicted octanol–water partition coefficient (Wildman–Crippen LogP) is 5.17. The largest absolute Gasteiger partial charge is 0.490 e. The van der Waals surface area contributed by atoms with Gasteiger partial charge in [0.1, 0.15) is 41.4 Å². The van der Waals surface area contributed by atoms with Crippen molar-refractivity contribution in [3.63, 3.8) is 0 Å². The van der Waals surface area contributed by atoms with Gasteiger partial charge in [-0.15, -0.1) is 10.2 Å². The topological polar surface area (TPSA) is 97.1 Å². The monoisotopic (exact) mass is 512 g/mol. The molecule has 0 unspecified atom stereocenters. The van der Waals surface area contributed by atoms with E-state index in [0.29, 0.717) is 29.7 Å². The summed E-state index contributed by atoms with van der Waals surface area (Å²) in [6.07, 6.45) is 2.21. The number of nitriles is 1. The zero-order chi connectivity index (χ0) is 22.9. The Morgan fingerprint density at radius 3 is 2.62 bits per heavy atom. The van der Waals surface area contributed by atoms with Crippen LogP contribution in [0.15, 0.2) is 52.5 Å². The van der Waals surface area contributed by atoms with Gasteiger partial charge in [0.05, 0.1) is 0 Å². The highest BCUT2D eigenvalue weighted by Crippen LogP contribution is 2.26. The van der Waals surface area contributed by atoms with Gasteiger partial charge < -0.3 is 9.47 Å². The molecule has 1 heterocycles. The van der Waals surface area contributed by atoms with Crippen molar-refractivity contribution in [1.29, 1.82) is 5.26 Å². The summed E-state index contributed by atoms with van der Waals surface area (Å²) in [5, 5.41) is 21.2. The molecule has 0 bridgehead atoms. The van der Waals surface area contributed by atoms with Crippen molar-refractivity contribution in [2.45, 2.75) is 20.3 Å². The fraction of sp³-hybridized carbons (Fsp3) is 0.217. The van der Waals surface area contributed by atoms with Crippen LogP contribution in [-0.4, -0.2) is 29.3 Å². The normalized spacial score (nSPS) is 11.0. The number of ether oxygens (including phenoxy) is 2. The summed E-state index contributed by atoms with van der Waals surface area (Å²) in [5.74, 6) is 0.742. The summed E-state index contributed by atoms with van der Waals surface area (Å²) >= 11 is 4.69. The number of amides is 1. The Balaban J connectivity index is 1.67. The van der Waals surface area contributed by atoms with Crippen molar-refractivity contribution in [3.8, 4) is 17.6 Å². The average molecular weight is 513 g/mol. The van der Waals surface area contributed by atoms with Gasteiger partial charge in [-0.1, -0.05) is 51.9 Å². The maximum Gasteiger partial charge on any atom is 0.268 e. The van der Waals surface area contributed by atoms with E-state index >= 15 is 0 Å². The van der Waals surface area contributed by atoms with Crippen LogP contribution in [0.3, 0.4) is 0 Å². The Labute approximate surface area is 198 Å². The molecule has 0 spiro atoms. The highest BCUT2D eigenvalue weighted by Gasteiger charge is 2.14. The maximum atomic E-state index is 12.5. The molecule has 1 N–H and O–H groups in total. The number of benzene rings is 2. The van der Waals surface area contributed by atoms with Gasteiger partial charge in [-0.3, -0.25) is 10.1 Å². The summed E-state index contributed by atoms with van der Waals surface area (Å²) in [7, 11) is 0. The van der Waals surface area contributed by atoms with Crippen LogP contribution in [0, 0.1) is 18.3 Å². The Kier molecular flexibility index (Phi) is 8.36. The van der Waals surface area contributed by atoms with E-state index in [4.69, 9.17) is 9.47 Å². The van der Waals surface area contributed by atoms with E-state index in [2.05, 4.69) is 31.4 Å². The van der Waals surface area contributed by atoms with E-state index < -0.39 is 5.91 Å². The number of nitrogens with one attached hydrogen (secondary N) is 1. The molecule has 0 saturated heterocycles. The Hall–Kier alpha value is -3.22. The van der Waals surface area contributed by atoms with Crippen molar-refractivity contribution < 1.29 is 14.3 Å². The molecule has 3 aromatic rings. The maximum absolute atomic E-state index is 12.5. The van der Waals surface area contributed by atoms with Gasteiger partial charge in [-0.2, -0.15) is 5.26 Å². The highest BCUT2D eigenvalue weighted by molar-refractivity contribution is 9.10. The van der Waals surface area contributed by atoms with Crippen LogP contribution in [0.2, 0.25) is 0 Å². The fourth-order valence-electron chi connectivity index (χ4n) is 2.62. The molecule has 1 amide bonds. The van der Waals surface area contributed by atoms with Crippen molar-refractivity contribution in [1.82, 2.24) is 10.2 Å². The van der Waals surface area contributed by atoms with Crippen LogP contribution in [0.1, 0.15) is 23.1 Å². The molecule has 0 radical (unpaired) electrons. The molecule has 1 aromatic heterocycles. The Morgan fingerprint density at radius 1 is 1.19 bits per heavy atom. The van der Waals surface area contributed by atoms with Crippen molar-refractivity contribution in [2.24, 2.45) is 0 Å². The molecule has 2 aromatic carbocycles. The minimum atomic E-state index is -0.556. The molecular weight excluding hydrogens is 492 g/mol. The summed E-state index contributed by atoms with van der Waals surface area (Å²) in [6, 6.07) is 15.1. The number of aryl methyl sites for hydroxylation is 2. The van der Waals surface area contributed by atoms with E-state index in [-0.39, 0.29) is 5.57 Å². The zero-order valence-electron chi connectivity index (χ0n) is 17.6. The molecule has 0 aliphatic rings. The van der Waals surface area contributed by atoms with E-state index in [1.165, 1.54) is 17.4 Å². The third kappa shape index (κ3) is 6.64. The predicted molar refractivity (Wildman–Crippen MR) is 128 cm³/mol. The second-order valence-electron chi connectivity index (χ2n) is 6.67. The smallest absolute Gasteiger partial charge is 0.268 e. The van der Waals surface area contributed by atoms with E-state index in [0.717, 1.165) is 27.2 Å². The first-order valence-electron chi connectivity index (χ1n) is 9.86. The average Bonchev–Trinajstić information content (AvgIpc) is 3.24. The number of carbonyl (C=O) groups is 1. The number of halogens is 1. The number of anilines is 1. The zero-order valence-corrected chi connectivity index (χ0v) is 20.0. The summed E-state index contributed by atoms with van der Waals surface area (Å²) in [4.78, 5) is 12.5. The molecule has 164 valence electrons. The molecule has 0 fully saturated rings. The number of hydrogen-bond donors (Lipinski definition) is 1. The quantitative estimate of drug-likeness (QED) is 0.241.